The van der Waals surface area contributed by atoms with E-state index in [0.29, 0.717) is 22.7 Å². The molecule has 4 unspecified atom stereocenters. The highest BCUT2D eigenvalue weighted by Gasteiger charge is 2.41. The van der Waals surface area contributed by atoms with Gasteiger partial charge in [0.1, 0.15) is 6.10 Å². The molecule has 0 radical (unpaired) electrons. The van der Waals surface area contributed by atoms with Gasteiger partial charge < -0.3 is 20.5 Å². The zero-order chi connectivity index (χ0) is 16.2. The standard InChI is InChI=1S/C17H24ClN3O2.HI/c1-2-19-17(21-14-9-11-7-8-16(14)23-11)20-10-15(22)12-5-3-4-6-13(12)18;/h3-6,11,14-16,22H,2,7-10H2,1H3,(H2,19,20,21);1H. The number of benzene rings is 1. The predicted molar refractivity (Wildman–Crippen MR) is 107 cm³/mol. The summed E-state index contributed by atoms with van der Waals surface area (Å²) in [4.78, 5) is 4.51. The minimum atomic E-state index is -0.713. The maximum absolute atomic E-state index is 10.3. The number of aliphatic hydroxyl groups excluding tert-OH is 1. The van der Waals surface area contributed by atoms with Gasteiger partial charge in [0, 0.05) is 17.1 Å². The average molecular weight is 466 g/mol. The molecular formula is C17H25ClIN3O2. The van der Waals surface area contributed by atoms with E-state index in [4.69, 9.17) is 16.3 Å². The summed E-state index contributed by atoms with van der Waals surface area (Å²) in [7, 11) is 0. The third-order valence-corrected chi connectivity index (χ3v) is 4.80. The van der Waals surface area contributed by atoms with E-state index in [2.05, 4.69) is 15.6 Å². The lowest BCUT2D eigenvalue weighted by atomic mass is 9.96. The van der Waals surface area contributed by atoms with E-state index in [1.54, 1.807) is 6.07 Å². The number of hydrogen-bond acceptors (Lipinski definition) is 3. The fourth-order valence-corrected chi connectivity index (χ4v) is 3.57. The number of aliphatic imine (C=N–C) groups is 1. The van der Waals surface area contributed by atoms with Crippen molar-refractivity contribution in [3.63, 3.8) is 0 Å². The molecule has 0 amide bonds. The molecule has 3 rings (SSSR count). The van der Waals surface area contributed by atoms with Crippen LogP contribution in [0.3, 0.4) is 0 Å². The van der Waals surface area contributed by atoms with Crippen molar-refractivity contribution < 1.29 is 9.84 Å². The Morgan fingerprint density at radius 1 is 1.42 bits per heavy atom. The van der Waals surface area contributed by atoms with Gasteiger partial charge in [-0.2, -0.15) is 0 Å². The van der Waals surface area contributed by atoms with Gasteiger partial charge in [-0.05, 0) is 32.3 Å². The lowest BCUT2D eigenvalue weighted by molar-refractivity contribution is 0.0992. The molecule has 7 heteroatoms. The van der Waals surface area contributed by atoms with Crippen LogP contribution in [0.4, 0.5) is 0 Å². The Morgan fingerprint density at radius 2 is 2.21 bits per heavy atom. The molecule has 2 heterocycles. The second kappa shape index (κ2) is 9.22. The van der Waals surface area contributed by atoms with Gasteiger partial charge in [0.2, 0.25) is 0 Å². The lowest BCUT2D eigenvalue weighted by Gasteiger charge is -2.23. The summed E-state index contributed by atoms with van der Waals surface area (Å²) >= 11 is 6.12. The summed E-state index contributed by atoms with van der Waals surface area (Å²) < 4.78 is 5.86. The summed E-state index contributed by atoms with van der Waals surface area (Å²) in [6.45, 7) is 3.06. The Bertz CT molecular complexity index is 573. The first kappa shape index (κ1) is 19.8. The van der Waals surface area contributed by atoms with Crippen LogP contribution in [-0.2, 0) is 4.74 Å². The molecule has 2 aliphatic heterocycles. The Hall–Kier alpha value is -0.570. The van der Waals surface area contributed by atoms with E-state index in [0.717, 1.165) is 25.3 Å². The number of halogens is 2. The molecule has 1 aromatic rings. The van der Waals surface area contributed by atoms with Crippen LogP contribution < -0.4 is 10.6 Å². The monoisotopic (exact) mass is 465 g/mol. The Kier molecular flexibility index (Phi) is 7.59. The third-order valence-electron chi connectivity index (χ3n) is 4.46. The molecule has 4 atom stereocenters. The smallest absolute Gasteiger partial charge is 0.191 e. The SMILES string of the molecule is CCNC(=NCC(O)c1ccccc1Cl)NC1CC2CCC1O2.I. The number of nitrogens with zero attached hydrogens (tertiary/aromatic N) is 1. The highest BCUT2D eigenvalue weighted by Crippen LogP contribution is 2.34. The van der Waals surface area contributed by atoms with Crippen molar-refractivity contribution in [1.82, 2.24) is 10.6 Å². The van der Waals surface area contributed by atoms with Crippen LogP contribution in [0, 0.1) is 0 Å². The normalized spacial score (nSPS) is 26.8. The van der Waals surface area contributed by atoms with Gasteiger partial charge in [-0.15, -0.1) is 24.0 Å². The molecule has 1 aromatic carbocycles. The summed E-state index contributed by atoms with van der Waals surface area (Å²) in [6.07, 6.45) is 3.29. The fraction of sp³-hybridized carbons (Fsp3) is 0.588. The summed E-state index contributed by atoms with van der Waals surface area (Å²) in [5, 5.41) is 17.5. The van der Waals surface area contributed by atoms with Crippen LogP contribution in [0.15, 0.2) is 29.3 Å². The van der Waals surface area contributed by atoms with E-state index in [1.807, 2.05) is 25.1 Å². The zero-order valence-corrected chi connectivity index (χ0v) is 16.8. The molecule has 0 aromatic heterocycles. The van der Waals surface area contributed by atoms with Crippen molar-refractivity contribution in [2.75, 3.05) is 13.1 Å². The highest BCUT2D eigenvalue weighted by atomic mass is 127. The van der Waals surface area contributed by atoms with E-state index >= 15 is 0 Å². The fourth-order valence-electron chi connectivity index (χ4n) is 3.31. The van der Waals surface area contributed by atoms with Crippen LogP contribution in [0.2, 0.25) is 5.02 Å². The first-order valence-electron chi connectivity index (χ1n) is 8.30. The van der Waals surface area contributed by atoms with E-state index < -0.39 is 6.10 Å². The Balaban J connectivity index is 0.00000208. The van der Waals surface area contributed by atoms with E-state index in [1.165, 1.54) is 6.42 Å². The maximum Gasteiger partial charge on any atom is 0.191 e. The van der Waals surface area contributed by atoms with Crippen molar-refractivity contribution in [3.05, 3.63) is 34.9 Å². The number of ether oxygens (including phenoxy) is 1. The number of hydrogen-bond donors (Lipinski definition) is 3. The Morgan fingerprint density at radius 3 is 2.83 bits per heavy atom. The molecule has 2 saturated heterocycles. The quantitative estimate of drug-likeness (QED) is 0.355. The zero-order valence-electron chi connectivity index (χ0n) is 13.7. The van der Waals surface area contributed by atoms with Crippen LogP contribution >= 0.6 is 35.6 Å². The molecule has 2 bridgehead atoms. The van der Waals surface area contributed by atoms with Gasteiger partial charge >= 0.3 is 0 Å². The van der Waals surface area contributed by atoms with Crippen LogP contribution in [-0.4, -0.2) is 42.4 Å². The van der Waals surface area contributed by atoms with Crippen molar-refractivity contribution >= 4 is 41.5 Å². The van der Waals surface area contributed by atoms with Crippen molar-refractivity contribution in [2.45, 2.75) is 50.5 Å². The number of rotatable bonds is 5. The largest absolute Gasteiger partial charge is 0.386 e. The topological polar surface area (TPSA) is 65.9 Å². The van der Waals surface area contributed by atoms with Crippen molar-refractivity contribution in [3.8, 4) is 0 Å². The summed E-state index contributed by atoms with van der Waals surface area (Å²) in [5.74, 6) is 0.722. The van der Waals surface area contributed by atoms with Gasteiger partial charge in [0.15, 0.2) is 5.96 Å². The molecule has 0 aliphatic carbocycles. The van der Waals surface area contributed by atoms with Gasteiger partial charge in [0.25, 0.3) is 0 Å². The minimum absolute atomic E-state index is 0. The molecule has 0 spiro atoms. The number of fused-ring (bicyclic) bond motifs is 2. The molecular weight excluding hydrogens is 441 g/mol. The first-order valence-corrected chi connectivity index (χ1v) is 8.68. The van der Waals surface area contributed by atoms with Crippen LogP contribution in [0.25, 0.3) is 0 Å². The van der Waals surface area contributed by atoms with Crippen molar-refractivity contribution in [1.29, 1.82) is 0 Å². The highest BCUT2D eigenvalue weighted by molar-refractivity contribution is 14.0. The first-order chi connectivity index (χ1) is 11.2. The predicted octanol–water partition coefficient (Wildman–Crippen LogP) is 2.87. The summed E-state index contributed by atoms with van der Waals surface area (Å²) in [5.41, 5.74) is 0.706. The van der Waals surface area contributed by atoms with Gasteiger partial charge in [-0.1, -0.05) is 29.8 Å². The second-order valence-corrected chi connectivity index (χ2v) is 6.52. The number of aliphatic hydroxyl groups is 1. The van der Waals surface area contributed by atoms with E-state index in [9.17, 15) is 5.11 Å². The molecule has 2 aliphatic rings. The van der Waals surface area contributed by atoms with E-state index in [-0.39, 0.29) is 36.6 Å². The number of guanidine groups is 1. The Labute approximate surface area is 165 Å². The maximum atomic E-state index is 10.3. The minimum Gasteiger partial charge on any atom is -0.386 e. The third kappa shape index (κ3) is 4.74. The van der Waals surface area contributed by atoms with Crippen molar-refractivity contribution in [2.24, 2.45) is 4.99 Å². The second-order valence-electron chi connectivity index (χ2n) is 6.12. The molecule has 134 valence electrons. The molecule has 24 heavy (non-hydrogen) atoms. The summed E-state index contributed by atoms with van der Waals surface area (Å²) in [6, 6.07) is 7.63. The van der Waals surface area contributed by atoms with Crippen LogP contribution in [0.5, 0.6) is 0 Å². The molecule has 0 saturated carbocycles. The lowest BCUT2D eigenvalue weighted by Crippen LogP contribution is -2.47. The molecule has 5 nitrogen and oxygen atoms in total. The average Bonchev–Trinajstić information content (AvgIpc) is 3.16. The molecule has 3 N–H and O–H groups in total. The van der Waals surface area contributed by atoms with Crippen LogP contribution in [0.1, 0.15) is 37.9 Å². The van der Waals surface area contributed by atoms with Gasteiger partial charge in [-0.25, -0.2) is 0 Å². The molecule has 2 fully saturated rings. The number of nitrogens with one attached hydrogen (secondary N) is 2. The van der Waals surface area contributed by atoms with Gasteiger partial charge in [-0.3, -0.25) is 4.99 Å². The van der Waals surface area contributed by atoms with Gasteiger partial charge in [0.05, 0.1) is 24.8 Å².